The summed E-state index contributed by atoms with van der Waals surface area (Å²) in [5.74, 6) is 0.145. The average molecular weight is 291 g/mol. The van der Waals surface area contributed by atoms with E-state index in [0.717, 1.165) is 36.1 Å². The van der Waals surface area contributed by atoms with Gasteiger partial charge in [0.05, 0.1) is 6.61 Å². The Balaban J connectivity index is 1.83. The van der Waals surface area contributed by atoms with Gasteiger partial charge in [-0.25, -0.2) is 0 Å². The van der Waals surface area contributed by atoms with E-state index in [4.69, 9.17) is 4.74 Å². The first-order chi connectivity index (χ1) is 9.92. The molecule has 0 bridgehead atoms. The van der Waals surface area contributed by atoms with Gasteiger partial charge in [-0.15, -0.1) is 0 Å². The van der Waals surface area contributed by atoms with Gasteiger partial charge in [-0.2, -0.15) is 0 Å². The first-order valence-electron chi connectivity index (χ1n) is 7.62. The zero-order valence-electron chi connectivity index (χ0n) is 13.1. The van der Waals surface area contributed by atoms with Crippen LogP contribution in [0.25, 0.3) is 0 Å². The Morgan fingerprint density at radius 2 is 2.00 bits per heavy atom. The Bertz CT molecular complexity index is 491. The molecule has 21 heavy (non-hydrogen) atoms. The van der Waals surface area contributed by atoms with Crippen LogP contribution in [0.15, 0.2) is 18.2 Å². The maximum absolute atomic E-state index is 11.5. The predicted molar refractivity (Wildman–Crippen MR) is 82.8 cm³/mol. The van der Waals surface area contributed by atoms with E-state index in [1.807, 2.05) is 32.0 Å². The molecule has 0 radical (unpaired) electrons. The lowest BCUT2D eigenvalue weighted by atomic mass is 9.96. The SMILES string of the molecule is Cc1cccc(C)c1OCCCC(C)(NC1CC1)C(=O)O. The number of nitrogens with one attached hydrogen (secondary N) is 1. The van der Waals surface area contributed by atoms with Crippen LogP contribution in [0.2, 0.25) is 0 Å². The van der Waals surface area contributed by atoms with E-state index >= 15 is 0 Å². The number of aryl methyl sites for hydroxylation is 2. The number of hydrogen-bond acceptors (Lipinski definition) is 3. The number of aliphatic carboxylic acids is 1. The van der Waals surface area contributed by atoms with E-state index in [1.54, 1.807) is 6.92 Å². The summed E-state index contributed by atoms with van der Waals surface area (Å²) in [6, 6.07) is 6.44. The van der Waals surface area contributed by atoms with Gasteiger partial charge >= 0.3 is 5.97 Å². The molecule has 1 fully saturated rings. The van der Waals surface area contributed by atoms with Crippen LogP contribution in [-0.4, -0.2) is 29.3 Å². The topological polar surface area (TPSA) is 58.6 Å². The van der Waals surface area contributed by atoms with Gasteiger partial charge < -0.3 is 9.84 Å². The van der Waals surface area contributed by atoms with E-state index in [1.165, 1.54) is 0 Å². The van der Waals surface area contributed by atoms with Gasteiger partial charge in [0.1, 0.15) is 11.3 Å². The zero-order chi connectivity index (χ0) is 15.5. The molecule has 116 valence electrons. The number of carbonyl (C=O) groups is 1. The zero-order valence-corrected chi connectivity index (χ0v) is 13.1. The second-order valence-corrected chi connectivity index (χ2v) is 6.23. The van der Waals surface area contributed by atoms with E-state index < -0.39 is 11.5 Å². The minimum absolute atomic E-state index is 0.380. The largest absolute Gasteiger partial charge is 0.493 e. The molecule has 4 heteroatoms. The number of carboxylic acid groups (broad SMARTS) is 1. The van der Waals surface area contributed by atoms with Crippen molar-refractivity contribution in [3.63, 3.8) is 0 Å². The second-order valence-electron chi connectivity index (χ2n) is 6.23. The maximum atomic E-state index is 11.5. The lowest BCUT2D eigenvalue weighted by Gasteiger charge is -2.26. The fourth-order valence-electron chi connectivity index (χ4n) is 2.55. The molecule has 0 aliphatic heterocycles. The van der Waals surface area contributed by atoms with Crippen LogP contribution in [0, 0.1) is 13.8 Å². The van der Waals surface area contributed by atoms with Crippen LogP contribution in [0.3, 0.4) is 0 Å². The van der Waals surface area contributed by atoms with E-state index in [9.17, 15) is 9.90 Å². The first kappa shape index (κ1) is 15.8. The summed E-state index contributed by atoms with van der Waals surface area (Å²) in [6.45, 7) is 6.37. The van der Waals surface area contributed by atoms with Crippen molar-refractivity contribution < 1.29 is 14.6 Å². The van der Waals surface area contributed by atoms with Crippen LogP contribution in [0.4, 0.5) is 0 Å². The Hall–Kier alpha value is -1.55. The Morgan fingerprint density at radius 1 is 1.38 bits per heavy atom. The van der Waals surface area contributed by atoms with Gasteiger partial charge in [0.15, 0.2) is 0 Å². The highest BCUT2D eigenvalue weighted by atomic mass is 16.5. The van der Waals surface area contributed by atoms with Crippen LogP contribution < -0.4 is 10.1 Å². The molecule has 0 saturated heterocycles. The summed E-state index contributed by atoms with van der Waals surface area (Å²) in [5, 5.41) is 12.6. The van der Waals surface area contributed by atoms with Gasteiger partial charge in [-0.1, -0.05) is 18.2 Å². The average Bonchev–Trinajstić information content (AvgIpc) is 3.21. The van der Waals surface area contributed by atoms with Crippen LogP contribution in [0.5, 0.6) is 5.75 Å². The number of para-hydroxylation sites is 1. The second kappa shape index (κ2) is 6.48. The highest BCUT2D eigenvalue weighted by Gasteiger charge is 2.37. The molecule has 1 aromatic rings. The van der Waals surface area contributed by atoms with Gasteiger partial charge in [-0.3, -0.25) is 10.1 Å². The van der Waals surface area contributed by atoms with Crippen molar-refractivity contribution in [3.8, 4) is 5.75 Å². The molecule has 1 atom stereocenters. The lowest BCUT2D eigenvalue weighted by Crippen LogP contribution is -2.50. The quantitative estimate of drug-likeness (QED) is 0.723. The number of ether oxygens (including phenoxy) is 1. The summed E-state index contributed by atoms with van der Waals surface area (Å²) in [4.78, 5) is 11.5. The predicted octanol–water partition coefficient (Wildman–Crippen LogP) is 3.06. The Morgan fingerprint density at radius 3 is 2.52 bits per heavy atom. The molecular weight excluding hydrogens is 266 g/mol. The van der Waals surface area contributed by atoms with Crippen LogP contribution >= 0.6 is 0 Å². The van der Waals surface area contributed by atoms with E-state index in [2.05, 4.69) is 5.32 Å². The minimum Gasteiger partial charge on any atom is -0.493 e. The monoisotopic (exact) mass is 291 g/mol. The van der Waals surface area contributed by atoms with Crippen molar-refractivity contribution in [1.82, 2.24) is 5.32 Å². The van der Waals surface area contributed by atoms with Crippen molar-refractivity contribution in [3.05, 3.63) is 29.3 Å². The summed E-state index contributed by atoms with van der Waals surface area (Å²) >= 11 is 0. The molecular formula is C17H25NO3. The van der Waals surface area contributed by atoms with Gasteiger partial charge in [0.25, 0.3) is 0 Å². The summed E-state index contributed by atoms with van der Waals surface area (Å²) in [5.41, 5.74) is 1.39. The molecule has 1 aliphatic rings. The van der Waals surface area contributed by atoms with Crippen LogP contribution in [0.1, 0.15) is 43.7 Å². The van der Waals surface area contributed by atoms with Crippen molar-refractivity contribution in [2.45, 2.75) is 58.0 Å². The summed E-state index contributed by atoms with van der Waals surface area (Å²) in [6.07, 6.45) is 3.46. The molecule has 2 rings (SSSR count). The third-order valence-electron chi connectivity index (χ3n) is 4.05. The number of rotatable bonds is 8. The van der Waals surface area contributed by atoms with Crippen molar-refractivity contribution in [1.29, 1.82) is 0 Å². The van der Waals surface area contributed by atoms with E-state index in [-0.39, 0.29) is 0 Å². The number of benzene rings is 1. The van der Waals surface area contributed by atoms with E-state index in [0.29, 0.717) is 19.1 Å². The van der Waals surface area contributed by atoms with Gasteiger partial charge in [-0.05, 0) is 57.6 Å². The third kappa shape index (κ3) is 4.21. The van der Waals surface area contributed by atoms with Crippen molar-refractivity contribution >= 4 is 5.97 Å². The van der Waals surface area contributed by atoms with Gasteiger partial charge in [0.2, 0.25) is 0 Å². The van der Waals surface area contributed by atoms with Crippen molar-refractivity contribution in [2.24, 2.45) is 0 Å². The van der Waals surface area contributed by atoms with Crippen molar-refractivity contribution in [2.75, 3.05) is 6.61 Å². The first-order valence-corrected chi connectivity index (χ1v) is 7.62. The molecule has 0 spiro atoms. The molecule has 1 aliphatic carbocycles. The van der Waals surface area contributed by atoms with Gasteiger partial charge in [0, 0.05) is 6.04 Å². The molecule has 0 heterocycles. The fourth-order valence-corrected chi connectivity index (χ4v) is 2.55. The molecule has 1 aromatic carbocycles. The molecule has 1 saturated carbocycles. The molecule has 1 unspecified atom stereocenters. The smallest absolute Gasteiger partial charge is 0.323 e. The Kier molecular flexibility index (Phi) is 4.88. The molecule has 4 nitrogen and oxygen atoms in total. The number of hydrogen-bond donors (Lipinski definition) is 2. The highest BCUT2D eigenvalue weighted by Crippen LogP contribution is 2.26. The summed E-state index contributed by atoms with van der Waals surface area (Å²) in [7, 11) is 0. The molecule has 0 aromatic heterocycles. The maximum Gasteiger partial charge on any atom is 0.323 e. The molecule has 0 amide bonds. The summed E-state index contributed by atoms with van der Waals surface area (Å²) < 4.78 is 5.84. The minimum atomic E-state index is -0.842. The lowest BCUT2D eigenvalue weighted by molar-refractivity contribution is -0.144. The Labute approximate surface area is 126 Å². The third-order valence-corrected chi connectivity index (χ3v) is 4.05. The standard InChI is InChI=1S/C17H25NO3/c1-12-6-4-7-13(2)15(12)21-11-5-10-17(3,16(19)20)18-14-8-9-14/h4,6-7,14,18H,5,8-11H2,1-3H3,(H,19,20). The number of carboxylic acids is 1. The normalized spacial score (nSPS) is 17.3. The highest BCUT2D eigenvalue weighted by molar-refractivity contribution is 5.78. The fraction of sp³-hybridized carbons (Fsp3) is 0.588. The molecule has 2 N–H and O–H groups in total. The van der Waals surface area contributed by atoms with Crippen LogP contribution in [-0.2, 0) is 4.79 Å².